The molecule has 0 saturated carbocycles. The van der Waals surface area contributed by atoms with E-state index < -0.39 is 0 Å². The average molecular weight is 722 g/mol. The molecule has 5 nitrogen and oxygen atoms in total. The molecule has 10 rings (SSSR count). The van der Waals surface area contributed by atoms with Crippen LogP contribution in [0.25, 0.3) is 99.4 Å². The molecule has 0 aliphatic carbocycles. The molecule has 0 fully saturated rings. The Morgan fingerprint density at radius 2 is 0.745 bits per heavy atom. The molecular formula is C49H31N5S. The molecule has 258 valence electrons. The van der Waals surface area contributed by atoms with E-state index in [0.29, 0.717) is 23.3 Å². The monoisotopic (exact) mass is 721 g/mol. The maximum absolute atomic E-state index is 5.15. The fraction of sp³-hybridized carbons (Fsp3) is 0. The minimum Gasteiger partial charge on any atom is -0.228 e. The van der Waals surface area contributed by atoms with Crippen LogP contribution in [0, 0.1) is 0 Å². The minimum atomic E-state index is 0.645. The first-order valence-corrected chi connectivity index (χ1v) is 19.0. The van der Waals surface area contributed by atoms with Gasteiger partial charge in [0.05, 0.1) is 11.4 Å². The highest BCUT2D eigenvalue weighted by Crippen LogP contribution is 2.40. The van der Waals surface area contributed by atoms with Crippen molar-refractivity contribution in [2.75, 3.05) is 0 Å². The van der Waals surface area contributed by atoms with Crippen molar-refractivity contribution >= 4 is 31.5 Å². The van der Waals surface area contributed by atoms with E-state index in [4.69, 9.17) is 24.9 Å². The zero-order chi connectivity index (χ0) is 36.6. The predicted molar refractivity (Wildman–Crippen MR) is 226 cm³/mol. The van der Waals surface area contributed by atoms with Gasteiger partial charge in [0.25, 0.3) is 0 Å². The van der Waals surface area contributed by atoms with Gasteiger partial charge in [-0.05, 0) is 41.5 Å². The van der Waals surface area contributed by atoms with Gasteiger partial charge in [-0.2, -0.15) is 0 Å². The van der Waals surface area contributed by atoms with Gasteiger partial charge in [-0.3, -0.25) is 0 Å². The van der Waals surface area contributed by atoms with Gasteiger partial charge in [0.15, 0.2) is 23.3 Å². The Morgan fingerprint density at radius 1 is 0.273 bits per heavy atom. The number of nitrogens with zero attached hydrogens (tertiary/aromatic N) is 5. The minimum absolute atomic E-state index is 0.645. The van der Waals surface area contributed by atoms with Crippen molar-refractivity contribution in [1.82, 2.24) is 24.9 Å². The molecule has 0 aliphatic rings. The number of fused-ring (bicyclic) bond motifs is 3. The van der Waals surface area contributed by atoms with Gasteiger partial charge in [0, 0.05) is 53.6 Å². The number of aromatic nitrogens is 5. The SMILES string of the molecule is c1ccc(-c2cc(-c3ccccc3)nc(-c3ccccc3-c3ccc4c(c3)sc3ccc(-c5nc(-c6ccccc6)nc(-c6ccccc6)n5)cc34)n2)cc1. The quantitative estimate of drug-likeness (QED) is 0.164. The van der Waals surface area contributed by atoms with Crippen LogP contribution in [0.15, 0.2) is 188 Å². The maximum Gasteiger partial charge on any atom is 0.164 e. The topological polar surface area (TPSA) is 64.5 Å². The fourth-order valence-corrected chi connectivity index (χ4v) is 8.16. The van der Waals surface area contributed by atoms with E-state index in [1.165, 1.54) is 20.2 Å². The lowest BCUT2D eigenvalue weighted by Crippen LogP contribution is -2.00. The van der Waals surface area contributed by atoms with Gasteiger partial charge in [-0.15, -0.1) is 11.3 Å². The van der Waals surface area contributed by atoms with Crippen LogP contribution in [0.4, 0.5) is 0 Å². The molecule has 7 aromatic carbocycles. The third kappa shape index (κ3) is 6.35. The van der Waals surface area contributed by atoms with Crippen molar-refractivity contribution in [2.45, 2.75) is 0 Å². The van der Waals surface area contributed by atoms with Gasteiger partial charge < -0.3 is 0 Å². The summed E-state index contributed by atoms with van der Waals surface area (Å²) >= 11 is 1.79. The van der Waals surface area contributed by atoms with E-state index in [0.717, 1.165) is 55.9 Å². The summed E-state index contributed by atoms with van der Waals surface area (Å²) < 4.78 is 2.41. The molecule has 0 saturated heterocycles. The summed E-state index contributed by atoms with van der Waals surface area (Å²) in [6.07, 6.45) is 0. The smallest absolute Gasteiger partial charge is 0.164 e. The van der Waals surface area contributed by atoms with Crippen molar-refractivity contribution in [3.63, 3.8) is 0 Å². The second-order valence-corrected chi connectivity index (χ2v) is 14.4. The molecule has 3 heterocycles. The Labute approximate surface area is 322 Å². The Bertz CT molecular complexity index is 2850. The molecule has 0 amide bonds. The normalized spacial score (nSPS) is 11.3. The summed E-state index contributed by atoms with van der Waals surface area (Å²) in [5.41, 5.74) is 9.91. The van der Waals surface area contributed by atoms with E-state index >= 15 is 0 Å². The lowest BCUT2D eigenvalue weighted by Gasteiger charge is -2.13. The molecule has 10 aromatic rings. The summed E-state index contributed by atoms with van der Waals surface area (Å²) in [7, 11) is 0. The van der Waals surface area contributed by atoms with E-state index in [2.05, 4.69) is 91.0 Å². The highest BCUT2D eigenvalue weighted by Gasteiger charge is 2.17. The van der Waals surface area contributed by atoms with Crippen LogP contribution in [0.2, 0.25) is 0 Å². The van der Waals surface area contributed by atoms with Crippen LogP contribution in [-0.4, -0.2) is 24.9 Å². The lowest BCUT2D eigenvalue weighted by atomic mass is 9.97. The molecule has 0 radical (unpaired) electrons. The first kappa shape index (κ1) is 32.5. The summed E-state index contributed by atoms with van der Waals surface area (Å²) in [6.45, 7) is 0. The largest absolute Gasteiger partial charge is 0.228 e. The summed E-state index contributed by atoms with van der Waals surface area (Å²) in [6, 6.07) is 64.6. The summed E-state index contributed by atoms with van der Waals surface area (Å²) in [4.78, 5) is 25.1. The maximum atomic E-state index is 5.15. The van der Waals surface area contributed by atoms with E-state index in [-0.39, 0.29) is 0 Å². The highest BCUT2D eigenvalue weighted by atomic mass is 32.1. The zero-order valence-electron chi connectivity index (χ0n) is 29.5. The second-order valence-electron chi connectivity index (χ2n) is 13.3. The van der Waals surface area contributed by atoms with Crippen LogP contribution in [0.5, 0.6) is 0 Å². The molecule has 0 atom stereocenters. The molecule has 3 aromatic heterocycles. The van der Waals surface area contributed by atoms with Gasteiger partial charge in [-0.1, -0.05) is 158 Å². The number of rotatable bonds is 7. The first-order chi connectivity index (χ1) is 27.2. The van der Waals surface area contributed by atoms with Crippen LogP contribution < -0.4 is 0 Å². The van der Waals surface area contributed by atoms with Gasteiger partial charge in [0.2, 0.25) is 0 Å². The zero-order valence-corrected chi connectivity index (χ0v) is 30.4. The highest BCUT2D eigenvalue weighted by molar-refractivity contribution is 7.25. The molecule has 0 N–H and O–H groups in total. The van der Waals surface area contributed by atoms with E-state index in [9.17, 15) is 0 Å². The molecule has 0 spiro atoms. The fourth-order valence-electron chi connectivity index (χ4n) is 7.03. The molecule has 0 aliphatic heterocycles. The van der Waals surface area contributed by atoms with E-state index in [1.807, 2.05) is 97.1 Å². The Kier molecular flexibility index (Phi) is 8.28. The Hall–Kier alpha value is -7.15. The Morgan fingerprint density at radius 3 is 1.31 bits per heavy atom. The van der Waals surface area contributed by atoms with Crippen molar-refractivity contribution in [1.29, 1.82) is 0 Å². The second kappa shape index (κ2) is 14.0. The molecule has 6 heteroatoms. The van der Waals surface area contributed by atoms with Crippen LogP contribution >= 0.6 is 11.3 Å². The van der Waals surface area contributed by atoms with Crippen molar-refractivity contribution in [2.24, 2.45) is 0 Å². The third-order valence-electron chi connectivity index (χ3n) is 9.77. The van der Waals surface area contributed by atoms with E-state index in [1.54, 1.807) is 11.3 Å². The number of hydrogen-bond donors (Lipinski definition) is 0. The van der Waals surface area contributed by atoms with Crippen LogP contribution in [-0.2, 0) is 0 Å². The first-order valence-electron chi connectivity index (χ1n) is 18.2. The van der Waals surface area contributed by atoms with Crippen molar-refractivity contribution in [3.05, 3.63) is 188 Å². The number of thiophene rings is 1. The lowest BCUT2D eigenvalue weighted by molar-refractivity contribution is 1.07. The number of benzene rings is 7. The van der Waals surface area contributed by atoms with Gasteiger partial charge in [0.1, 0.15) is 0 Å². The molecular weight excluding hydrogens is 691 g/mol. The third-order valence-corrected chi connectivity index (χ3v) is 10.9. The number of hydrogen-bond acceptors (Lipinski definition) is 6. The molecule has 0 unspecified atom stereocenters. The van der Waals surface area contributed by atoms with Gasteiger partial charge >= 0.3 is 0 Å². The summed E-state index contributed by atoms with van der Waals surface area (Å²) in [5, 5.41) is 2.36. The average Bonchev–Trinajstić information content (AvgIpc) is 3.64. The standard InChI is InChI=1S/C49H31N5S/c1-5-15-32(16-6-1)42-31-43(33-17-7-2-8-18-33)51-49(50-42)40-24-14-13-23-38(40)36-25-27-39-41-29-37(26-28-44(41)55-45(39)30-36)48-53-46(34-19-9-3-10-20-34)52-47(54-48)35-21-11-4-12-22-35/h1-31H. The molecule has 55 heavy (non-hydrogen) atoms. The van der Waals surface area contributed by atoms with Crippen molar-refractivity contribution < 1.29 is 0 Å². The van der Waals surface area contributed by atoms with Crippen LogP contribution in [0.3, 0.4) is 0 Å². The van der Waals surface area contributed by atoms with Crippen LogP contribution in [0.1, 0.15) is 0 Å². The predicted octanol–water partition coefficient (Wildman–Crippen LogP) is 12.7. The van der Waals surface area contributed by atoms with Crippen molar-refractivity contribution in [3.8, 4) is 79.2 Å². The molecule has 0 bridgehead atoms. The van der Waals surface area contributed by atoms with Gasteiger partial charge in [-0.25, -0.2) is 24.9 Å². The Balaban J connectivity index is 1.07. The summed E-state index contributed by atoms with van der Waals surface area (Å²) in [5.74, 6) is 2.64.